The molecule has 0 aliphatic carbocycles. The van der Waals surface area contributed by atoms with Gasteiger partial charge in [-0.3, -0.25) is 0 Å². The predicted molar refractivity (Wildman–Crippen MR) is 34.3 cm³/mol. The lowest BCUT2D eigenvalue weighted by Crippen LogP contribution is -2.42. The lowest BCUT2D eigenvalue weighted by Gasteiger charge is -2.10. The first-order valence-electron chi connectivity index (χ1n) is 1.82. The van der Waals surface area contributed by atoms with Gasteiger partial charge in [0, 0.05) is 13.1 Å². The van der Waals surface area contributed by atoms with Crippen LogP contribution in [0.1, 0.15) is 0 Å². The van der Waals surface area contributed by atoms with Crippen molar-refractivity contribution in [2.75, 3.05) is 0 Å². The van der Waals surface area contributed by atoms with Crippen LogP contribution in [0.25, 0.3) is 0 Å². The Hall–Kier alpha value is 0.0817. The molecular formula is C2H3B3OSi. The zero-order valence-corrected chi connectivity index (χ0v) is 5.14. The van der Waals surface area contributed by atoms with Crippen molar-refractivity contribution in [1.29, 1.82) is 0 Å². The standard InChI is InChI=1S/C2H3B3OSi/c1-7(4,5)2(3)6/h1H3. The first-order valence-corrected chi connectivity index (χ1v) is 4.47. The van der Waals surface area contributed by atoms with E-state index in [2.05, 4.69) is 0 Å². The molecule has 0 N–H and O–H groups in total. The number of hydrogen-bond acceptors (Lipinski definition) is 1. The van der Waals surface area contributed by atoms with Crippen LogP contribution in [0.15, 0.2) is 0 Å². The third kappa shape index (κ3) is 2.74. The van der Waals surface area contributed by atoms with Crippen molar-refractivity contribution in [2.24, 2.45) is 0 Å². The number of hydrogen-bond donors (Lipinski definition) is 0. The van der Waals surface area contributed by atoms with Crippen molar-refractivity contribution in [3.05, 3.63) is 0 Å². The highest BCUT2D eigenvalue weighted by molar-refractivity contribution is 7.57. The van der Waals surface area contributed by atoms with Crippen LogP contribution in [0, 0.1) is 0 Å². The van der Waals surface area contributed by atoms with E-state index in [-0.39, 0.29) is 0 Å². The van der Waals surface area contributed by atoms with E-state index < -0.39 is 13.1 Å². The molecule has 0 amide bonds. The van der Waals surface area contributed by atoms with Crippen LogP contribution >= 0.6 is 0 Å². The van der Waals surface area contributed by atoms with Gasteiger partial charge in [-0.2, -0.15) is 0 Å². The van der Waals surface area contributed by atoms with Crippen molar-refractivity contribution in [1.82, 2.24) is 0 Å². The molecule has 6 radical (unpaired) electrons. The number of rotatable bonds is 1. The SMILES string of the molecule is [B]C(=O)[Si]([B])([B])C. The van der Waals surface area contributed by atoms with E-state index >= 15 is 0 Å². The van der Waals surface area contributed by atoms with Crippen LogP contribution in [0.3, 0.4) is 0 Å². The second-order valence-electron chi connectivity index (χ2n) is 1.65. The van der Waals surface area contributed by atoms with Crippen LogP contribution in [0.5, 0.6) is 0 Å². The Bertz CT molecular complexity index is 85.4. The van der Waals surface area contributed by atoms with Gasteiger partial charge in [-0.25, -0.2) is 0 Å². The Labute approximate surface area is 48.0 Å². The van der Waals surface area contributed by atoms with Gasteiger partial charge in [0.25, 0.3) is 0 Å². The van der Waals surface area contributed by atoms with Crippen molar-refractivity contribution < 1.29 is 4.79 Å². The van der Waals surface area contributed by atoms with E-state index in [4.69, 9.17) is 22.7 Å². The highest BCUT2D eigenvalue weighted by Crippen LogP contribution is 1.87. The molecule has 0 fully saturated rings. The molecule has 0 saturated heterocycles. The summed E-state index contributed by atoms with van der Waals surface area (Å²) in [4.78, 5) is 10.1. The fraction of sp³-hybridized carbons (Fsp3) is 0.500. The lowest BCUT2D eigenvalue weighted by molar-refractivity contribution is 0.274. The van der Waals surface area contributed by atoms with Crippen molar-refractivity contribution in [3.8, 4) is 0 Å². The highest BCUT2D eigenvalue weighted by atomic mass is 28.3. The van der Waals surface area contributed by atoms with Crippen LogP contribution in [-0.4, -0.2) is 35.8 Å². The summed E-state index contributed by atoms with van der Waals surface area (Å²) in [5.74, 6) is 0. The summed E-state index contributed by atoms with van der Waals surface area (Å²) in [6.07, 6.45) is 0. The van der Waals surface area contributed by atoms with Gasteiger partial charge in [-0.05, 0) is 0 Å². The lowest BCUT2D eigenvalue weighted by atomic mass is 10.2. The van der Waals surface area contributed by atoms with Gasteiger partial charge >= 0.3 is 0 Å². The van der Waals surface area contributed by atoms with Crippen LogP contribution in [-0.2, 0) is 0 Å². The van der Waals surface area contributed by atoms with Gasteiger partial charge in [-0.15, -0.1) is 0 Å². The van der Waals surface area contributed by atoms with E-state index in [9.17, 15) is 4.79 Å². The molecular weight excluding hydrogens is 101 g/mol. The quantitative estimate of drug-likeness (QED) is 0.400. The molecule has 0 bridgehead atoms. The maximum Gasteiger partial charge on any atom is 0.158 e. The smallest absolute Gasteiger partial charge is 0.158 e. The molecule has 0 aromatic heterocycles. The molecule has 0 heterocycles. The van der Waals surface area contributed by atoms with Crippen LogP contribution < -0.4 is 0 Å². The Morgan fingerprint density at radius 2 is 1.71 bits per heavy atom. The Morgan fingerprint density at radius 3 is 1.71 bits per heavy atom. The van der Waals surface area contributed by atoms with E-state index in [0.717, 1.165) is 0 Å². The third-order valence-corrected chi connectivity index (χ3v) is 1.59. The first kappa shape index (κ1) is 7.08. The predicted octanol–water partition coefficient (Wildman–Crippen LogP) is -0.734. The molecule has 7 heavy (non-hydrogen) atoms. The minimum Gasteiger partial charge on any atom is -0.320 e. The molecule has 0 aromatic rings. The Kier molecular flexibility index (Phi) is 1.93. The average Bonchev–Trinajstić information content (AvgIpc) is 1.31. The summed E-state index contributed by atoms with van der Waals surface area (Å²) < 4.78 is 0. The maximum absolute atomic E-state index is 10.1. The van der Waals surface area contributed by atoms with E-state index in [1.165, 1.54) is 6.55 Å². The monoisotopic (exact) mass is 104 g/mol. The van der Waals surface area contributed by atoms with Gasteiger partial charge in [-0.1, -0.05) is 6.55 Å². The minimum atomic E-state index is -2.60. The molecule has 1 nitrogen and oxygen atoms in total. The van der Waals surface area contributed by atoms with Crippen LogP contribution in [0.2, 0.25) is 6.55 Å². The van der Waals surface area contributed by atoms with Gasteiger partial charge in [0.05, 0.1) is 14.9 Å². The minimum absolute atomic E-state index is 0.562. The summed E-state index contributed by atoms with van der Waals surface area (Å²) in [6.45, 7) is 1.48. The molecule has 0 aromatic carbocycles. The fourth-order valence-corrected chi connectivity index (χ4v) is 0. The Balaban J connectivity index is 3.79. The molecule has 0 spiro atoms. The summed E-state index contributed by atoms with van der Waals surface area (Å²) in [7, 11) is 12.4. The van der Waals surface area contributed by atoms with Gasteiger partial charge in [0.1, 0.15) is 0 Å². The van der Waals surface area contributed by atoms with E-state index in [1.807, 2.05) is 0 Å². The second kappa shape index (κ2) is 1.90. The summed E-state index contributed by atoms with van der Waals surface area (Å²) in [5.41, 5.74) is 0. The number of carbonyl (C=O) groups is 1. The van der Waals surface area contributed by atoms with Gasteiger partial charge < -0.3 is 4.79 Å². The fourth-order valence-electron chi connectivity index (χ4n) is 0. The molecule has 0 saturated carbocycles. The van der Waals surface area contributed by atoms with E-state index in [0.29, 0.717) is 0 Å². The average molecular weight is 104 g/mol. The molecule has 0 rings (SSSR count). The van der Waals surface area contributed by atoms with Gasteiger partial charge in [0.2, 0.25) is 0 Å². The molecule has 5 heteroatoms. The molecule has 0 aliphatic heterocycles. The zero-order chi connectivity index (χ0) is 6.08. The third-order valence-electron chi connectivity index (χ3n) is 0.531. The van der Waals surface area contributed by atoms with Crippen molar-refractivity contribution in [2.45, 2.75) is 6.55 Å². The zero-order valence-electron chi connectivity index (χ0n) is 4.14. The van der Waals surface area contributed by atoms with Crippen molar-refractivity contribution in [3.63, 3.8) is 0 Å². The molecule has 0 unspecified atom stereocenters. The first-order chi connectivity index (χ1) is 2.94. The largest absolute Gasteiger partial charge is 0.320 e. The molecule has 30 valence electrons. The highest BCUT2D eigenvalue weighted by Gasteiger charge is 2.15. The van der Waals surface area contributed by atoms with Gasteiger partial charge in [0.15, 0.2) is 7.85 Å². The van der Waals surface area contributed by atoms with Crippen molar-refractivity contribution >= 4 is 35.8 Å². The topological polar surface area (TPSA) is 17.1 Å². The maximum atomic E-state index is 10.1. The second-order valence-corrected chi connectivity index (χ2v) is 4.71. The summed E-state index contributed by atoms with van der Waals surface area (Å²) in [6, 6.07) is 0. The molecule has 0 aliphatic rings. The normalized spacial score (nSPS) is 11.0. The van der Waals surface area contributed by atoms with Crippen LogP contribution in [0.4, 0.5) is 4.79 Å². The molecule has 0 atom stereocenters. The summed E-state index contributed by atoms with van der Waals surface area (Å²) >= 11 is 0. The summed E-state index contributed by atoms with van der Waals surface area (Å²) in [5, 5.41) is -0.562. The van der Waals surface area contributed by atoms with E-state index in [1.54, 1.807) is 0 Å². The number of carbonyl (C=O) groups excluding carboxylic acids is 1. The Morgan fingerprint density at radius 1 is 1.57 bits per heavy atom.